The fourth-order valence-electron chi connectivity index (χ4n) is 4.00. The second-order valence-electron chi connectivity index (χ2n) is 8.45. The summed E-state index contributed by atoms with van der Waals surface area (Å²) in [5.74, 6) is -0.837. The number of benzene rings is 2. The summed E-state index contributed by atoms with van der Waals surface area (Å²) in [7, 11) is 0. The van der Waals surface area contributed by atoms with Crippen LogP contribution in [0.3, 0.4) is 0 Å². The number of amides is 1. The summed E-state index contributed by atoms with van der Waals surface area (Å²) in [4.78, 5) is 13.8. The normalized spacial score (nSPS) is 21.2. The molecule has 2 fully saturated rings. The second-order valence-corrected chi connectivity index (χ2v) is 8.45. The largest absolute Gasteiger partial charge is 0.368 e. The molecule has 154 valence electrons. The molecule has 0 spiro atoms. The minimum atomic E-state index is -0.690. The summed E-state index contributed by atoms with van der Waals surface area (Å²) >= 11 is 0. The molecule has 1 amide bonds. The second kappa shape index (κ2) is 8.11. The number of hydrogen-bond acceptors (Lipinski definition) is 3. The van der Waals surface area contributed by atoms with E-state index in [1.165, 1.54) is 5.56 Å². The van der Waals surface area contributed by atoms with Gasteiger partial charge >= 0.3 is 0 Å². The predicted molar refractivity (Wildman–Crippen MR) is 110 cm³/mol. The van der Waals surface area contributed by atoms with E-state index in [9.17, 15) is 13.6 Å². The Morgan fingerprint density at radius 1 is 1.14 bits per heavy atom. The molecule has 2 aromatic rings. The lowest BCUT2D eigenvalue weighted by atomic mass is 9.98. The van der Waals surface area contributed by atoms with Crippen LogP contribution in [0.5, 0.6) is 0 Å². The zero-order valence-corrected chi connectivity index (χ0v) is 16.8. The van der Waals surface area contributed by atoms with Crippen molar-refractivity contribution in [2.45, 2.75) is 38.3 Å². The lowest BCUT2D eigenvalue weighted by Crippen LogP contribution is -2.51. The van der Waals surface area contributed by atoms with Crippen molar-refractivity contribution >= 4 is 11.6 Å². The molecule has 1 heterocycles. The maximum Gasteiger partial charge on any atom is 0.254 e. The molecule has 1 saturated carbocycles. The number of anilines is 1. The molecule has 29 heavy (non-hydrogen) atoms. The Bertz CT molecular complexity index is 881. The minimum Gasteiger partial charge on any atom is -0.368 e. The summed E-state index contributed by atoms with van der Waals surface area (Å²) in [5, 5.41) is 6.19. The van der Waals surface area contributed by atoms with Crippen molar-refractivity contribution in [2.24, 2.45) is 5.92 Å². The Labute approximate surface area is 170 Å². The van der Waals surface area contributed by atoms with Gasteiger partial charge in [-0.3, -0.25) is 4.79 Å². The molecule has 4 rings (SSSR count). The van der Waals surface area contributed by atoms with Crippen molar-refractivity contribution < 1.29 is 13.6 Å². The summed E-state index contributed by atoms with van der Waals surface area (Å²) < 4.78 is 28.8. The van der Waals surface area contributed by atoms with Gasteiger partial charge < -0.3 is 15.5 Å². The van der Waals surface area contributed by atoms with Crippen LogP contribution in [0.25, 0.3) is 0 Å². The van der Waals surface area contributed by atoms with E-state index in [0.29, 0.717) is 31.0 Å². The molecule has 2 aromatic carbocycles. The van der Waals surface area contributed by atoms with Gasteiger partial charge in [-0.25, -0.2) is 8.78 Å². The molecule has 0 aromatic heterocycles. The number of carbonyl (C=O) groups excluding carboxylic acids is 1. The van der Waals surface area contributed by atoms with Crippen LogP contribution < -0.4 is 15.5 Å². The Kier molecular flexibility index (Phi) is 5.54. The van der Waals surface area contributed by atoms with Crippen molar-refractivity contribution in [1.82, 2.24) is 10.6 Å². The maximum absolute atomic E-state index is 14.5. The van der Waals surface area contributed by atoms with Gasteiger partial charge in [0.1, 0.15) is 11.6 Å². The first-order valence-electron chi connectivity index (χ1n) is 10.3. The summed E-state index contributed by atoms with van der Waals surface area (Å²) in [6.45, 7) is 5.80. The first-order valence-corrected chi connectivity index (χ1v) is 10.3. The van der Waals surface area contributed by atoms with Crippen LogP contribution >= 0.6 is 0 Å². The van der Waals surface area contributed by atoms with Gasteiger partial charge in [-0.15, -0.1) is 0 Å². The van der Waals surface area contributed by atoms with Crippen LogP contribution in [0.2, 0.25) is 0 Å². The smallest absolute Gasteiger partial charge is 0.254 e. The number of halogens is 2. The monoisotopic (exact) mass is 399 g/mol. The number of rotatable bonds is 7. The molecule has 2 aliphatic rings. The highest BCUT2D eigenvalue weighted by atomic mass is 19.1. The Hall–Kier alpha value is -2.47. The van der Waals surface area contributed by atoms with Crippen molar-refractivity contribution in [3.63, 3.8) is 0 Å². The Morgan fingerprint density at radius 3 is 2.55 bits per heavy atom. The van der Waals surface area contributed by atoms with Crippen LogP contribution in [-0.4, -0.2) is 37.6 Å². The van der Waals surface area contributed by atoms with Crippen LogP contribution in [-0.2, 0) is 0 Å². The average molecular weight is 399 g/mol. The van der Waals surface area contributed by atoms with E-state index in [1.54, 1.807) is 13.8 Å². The molecular weight excluding hydrogens is 372 g/mol. The van der Waals surface area contributed by atoms with E-state index in [2.05, 4.69) is 34.9 Å². The minimum absolute atomic E-state index is 0.138. The van der Waals surface area contributed by atoms with E-state index >= 15 is 0 Å². The SMILES string of the molecule is CC(C)NC(=O)c1cc(F)c(N2CC(CNC3CC3c3ccccc3)C2)cc1F. The van der Waals surface area contributed by atoms with Crippen molar-refractivity contribution in [3.05, 3.63) is 65.2 Å². The van der Waals surface area contributed by atoms with Gasteiger partial charge in [0, 0.05) is 49.6 Å². The summed E-state index contributed by atoms with van der Waals surface area (Å²) in [6.07, 6.45) is 1.15. The van der Waals surface area contributed by atoms with Crippen molar-refractivity contribution in [3.8, 4) is 0 Å². The molecule has 0 radical (unpaired) electrons. The van der Waals surface area contributed by atoms with E-state index in [-0.39, 0.29) is 17.3 Å². The molecule has 1 aliphatic heterocycles. The fourth-order valence-corrected chi connectivity index (χ4v) is 4.00. The predicted octanol–water partition coefficient (Wildman–Crippen LogP) is 3.68. The average Bonchev–Trinajstić information content (AvgIpc) is 3.42. The third kappa shape index (κ3) is 4.42. The third-order valence-electron chi connectivity index (χ3n) is 5.69. The van der Waals surface area contributed by atoms with E-state index in [4.69, 9.17) is 0 Å². The quantitative estimate of drug-likeness (QED) is 0.747. The van der Waals surface area contributed by atoms with Gasteiger partial charge in [0.25, 0.3) is 5.91 Å². The van der Waals surface area contributed by atoms with E-state index < -0.39 is 17.5 Å². The number of carbonyl (C=O) groups is 1. The highest BCUT2D eigenvalue weighted by Gasteiger charge is 2.39. The first-order chi connectivity index (χ1) is 13.9. The van der Waals surface area contributed by atoms with Gasteiger partial charge in [0.2, 0.25) is 0 Å². The highest BCUT2D eigenvalue weighted by molar-refractivity contribution is 5.95. The molecule has 6 heteroatoms. The standard InChI is InChI=1S/C23H27F2N3O/c1-14(2)27-23(29)18-8-20(25)22(10-19(18)24)28-12-15(13-28)11-26-21-9-17(21)16-6-4-3-5-7-16/h3-8,10,14-15,17,21,26H,9,11-13H2,1-2H3,(H,27,29). The summed E-state index contributed by atoms with van der Waals surface area (Å²) in [6, 6.07) is 13.0. The molecule has 4 nitrogen and oxygen atoms in total. The van der Waals surface area contributed by atoms with Crippen LogP contribution in [0.4, 0.5) is 14.5 Å². The molecule has 0 bridgehead atoms. The zero-order chi connectivity index (χ0) is 20.5. The zero-order valence-electron chi connectivity index (χ0n) is 16.8. The molecule has 2 atom stereocenters. The highest BCUT2D eigenvalue weighted by Crippen LogP contribution is 2.41. The topological polar surface area (TPSA) is 44.4 Å². The fraction of sp³-hybridized carbons (Fsp3) is 0.435. The Balaban J connectivity index is 1.28. The number of hydrogen-bond donors (Lipinski definition) is 2. The van der Waals surface area contributed by atoms with Crippen molar-refractivity contribution in [1.29, 1.82) is 0 Å². The molecular formula is C23H27F2N3O. The molecule has 2 N–H and O–H groups in total. The first kappa shape index (κ1) is 19.8. The van der Waals surface area contributed by atoms with Gasteiger partial charge in [0.05, 0.1) is 11.3 Å². The maximum atomic E-state index is 14.5. The van der Waals surface area contributed by atoms with Gasteiger partial charge in [-0.1, -0.05) is 30.3 Å². The van der Waals surface area contributed by atoms with Crippen molar-refractivity contribution in [2.75, 3.05) is 24.5 Å². The summed E-state index contributed by atoms with van der Waals surface area (Å²) in [5.41, 5.74) is 1.35. The Morgan fingerprint density at radius 2 is 1.86 bits per heavy atom. The van der Waals surface area contributed by atoms with Crippen LogP contribution in [0, 0.1) is 17.6 Å². The van der Waals surface area contributed by atoms with Gasteiger partial charge in [0.15, 0.2) is 0 Å². The number of nitrogens with zero attached hydrogens (tertiary/aromatic N) is 1. The number of nitrogens with one attached hydrogen (secondary N) is 2. The molecule has 1 saturated heterocycles. The lowest BCUT2D eigenvalue weighted by Gasteiger charge is -2.41. The lowest BCUT2D eigenvalue weighted by molar-refractivity contribution is 0.0938. The molecule has 1 aliphatic carbocycles. The van der Waals surface area contributed by atoms with Gasteiger partial charge in [-0.2, -0.15) is 0 Å². The van der Waals surface area contributed by atoms with Crippen LogP contribution in [0.15, 0.2) is 42.5 Å². The third-order valence-corrected chi connectivity index (χ3v) is 5.69. The van der Waals surface area contributed by atoms with Crippen LogP contribution in [0.1, 0.15) is 42.1 Å². The van der Waals surface area contributed by atoms with E-state index in [0.717, 1.165) is 25.1 Å². The van der Waals surface area contributed by atoms with Gasteiger partial charge in [-0.05, 0) is 31.9 Å². The van der Waals surface area contributed by atoms with E-state index in [1.807, 2.05) is 11.0 Å². The molecule has 2 unspecified atom stereocenters.